The van der Waals surface area contributed by atoms with Gasteiger partial charge in [-0.2, -0.15) is 0 Å². The van der Waals surface area contributed by atoms with Crippen LogP contribution in [0.15, 0.2) is 53.5 Å². The number of alkyl halides is 1. The van der Waals surface area contributed by atoms with E-state index in [-0.39, 0.29) is 23.1 Å². The highest BCUT2D eigenvalue weighted by Gasteiger charge is 2.20. The van der Waals surface area contributed by atoms with Crippen LogP contribution in [0.5, 0.6) is 0 Å². The summed E-state index contributed by atoms with van der Waals surface area (Å²) in [4.78, 5) is 19.5. The Labute approximate surface area is 163 Å². The van der Waals surface area contributed by atoms with E-state index in [1.807, 2.05) is 6.07 Å². The molecular formula is C19H22ClN5O2. The van der Waals surface area contributed by atoms with Crippen molar-refractivity contribution in [3.8, 4) is 0 Å². The number of rotatable bonds is 6. The third kappa shape index (κ3) is 4.96. The minimum absolute atomic E-state index is 0.0273. The maximum atomic E-state index is 11.2. The normalized spacial score (nSPS) is 15.7. The van der Waals surface area contributed by atoms with Gasteiger partial charge in [0.25, 0.3) is 5.69 Å². The molecule has 2 N–H and O–H groups in total. The predicted molar refractivity (Wildman–Crippen MR) is 109 cm³/mol. The molecule has 8 heteroatoms. The topological polar surface area (TPSA) is 88.0 Å². The molecule has 0 bridgehead atoms. The fraction of sp³-hybridized carbons (Fsp3) is 0.316. The first-order chi connectivity index (χ1) is 13.1. The zero-order valence-corrected chi connectivity index (χ0v) is 15.7. The van der Waals surface area contributed by atoms with E-state index < -0.39 is 4.92 Å². The molecule has 0 aromatic heterocycles. The molecule has 0 radical (unpaired) electrons. The smallest absolute Gasteiger partial charge is 0.295 e. The number of nitrogens with two attached hydrogens (primary N) is 1. The number of hydrogen-bond acceptors (Lipinski definition) is 5. The SMILES string of the molecule is NC(CCl)=Nc1cc(N2CCN(Cc3ccccc3)CC2)ccc1[N+](=O)[O-]. The average Bonchev–Trinajstić information content (AvgIpc) is 2.69. The van der Waals surface area contributed by atoms with Crippen LogP contribution in [-0.4, -0.2) is 47.7 Å². The first-order valence-electron chi connectivity index (χ1n) is 8.75. The molecule has 0 amide bonds. The molecule has 7 nitrogen and oxygen atoms in total. The molecule has 0 aliphatic carbocycles. The Morgan fingerprint density at radius 2 is 1.85 bits per heavy atom. The molecule has 3 rings (SSSR count). The Kier molecular flexibility index (Phi) is 6.26. The van der Waals surface area contributed by atoms with Crippen molar-refractivity contribution in [1.82, 2.24) is 4.90 Å². The Morgan fingerprint density at radius 1 is 1.15 bits per heavy atom. The van der Waals surface area contributed by atoms with E-state index in [9.17, 15) is 10.1 Å². The molecule has 2 aromatic rings. The molecule has 1 fully saturated rings. The van der Waals surface area contributed by atoms with Gasteiger partial charge in [-0.15, -0.1) is 11.6 Å². The van der Waals surface area contributed by atoms with Gasteiger partial charge in [-0.05, 0) is 17.7 Å². The van der Waals surface area contributed by atoms with Gasteiger partial charge in [-0.3, -0.25) is 15.0 Å². The zero-order valence-electron chi connectivity index (χ0n) is 14.9. The molecule has 27 heavy (non-hydrogen) atoms. The van der Waals surface area contributed by atoms with Gasteiger partial charge < -0.3 is 10.6 Å². The number of amidine groups is 1. The van der Waals surface area contributed by atoms with Gasteiger partial charge >= 0.3 is 0 Å². The number of nitrogens with zero attached hydrogens (tertiary/aromatic N) is 4. The van der Waals surface area contributed by atoms with E-state index in [0.717, 1.165) is 38.4 Å². The molecule has 1 aliphatic rings. The largest absolute Gasteiger partial charge is 0.386 e. The molecule has 0 spiro atoms. The monoisotopic (exact) mass is 387 g/mol. The van der Waals surface area contributed by atoms with Crippen molar-refractivity contribution in [2.24, 2.45) is 10.7 Å². The summed E-state index contributed by atoms with van der Waals surface area (Å²) in [6.45, 7) is 4.47. The molecule has 1 heterocycles. The van der Waals surface area contributed by atoms with Crippen LogP contribution in [0, 0.1) is 10.1 Å². The van der Waals surface area contributed by atoms with Gasteiger partial charge in [0, 0.05) is 44.5 Å². The predicted octanol–water partition coefficient (Wildman–Crippen LogP) is 3.14. The van der Waals surface area contributed by atoms with Crippen molar-refractivity contribution < 1.29 is 4.92 Å². The van der Waals surface area contributed by atoms with Gasteiger partial charge in [-0.25, -0.2) is 4.99 Å². The molecule has 0 unspecified atom stereocenters. The number of nitro benzene ring substituents is 1. The number of benzene rings is 2. The van der Waals surface area contributed by atoms with Crippen LogP contribution < -0.4 is 10.6 Å². The van der Waals surface area contributed by atoms with Crippen molar-refractivity contribution in [3.05, 3.63) is 64.2 Å². The summed E-state index contributed by atoms with van der Waals surface area (Å²) < 4.78 is 0. The number of hydrogen-bond donors (Lipinski definition) is 1. The number of halogens is 1. The van der Waals surface area contributed by atoms with E-state index in [1.54, 1.807) is 12.1 Å². The number of anilines is 1. The lowest BCUT2D eigenvalue weighted by Crippen LogP contribution is -2.45. The van der Waals surface area contributed by atoms with Crippen molar-refractivity contribution in [2.75, 3.05) is 37.0 Å². The maximum absolute atomic E-state index is 11.2. The fourth-order valence-corrected chi connectivity index (χ4v) is 3.20. The summed E-state index contributed by atoms with van der Waals surface area (Å²) in [5.41, 5.74) is 8.04. The second-order valence-corrected chi connectivity index (χ2v) is 6.68. The van der Waals surface area contributed by atoms with Gasteiger partial charge in [0.15, 0.2) is 0 Å². The Morgan fingerprint density at radius 3 is 2.48 bits per heavy atom. The summed E-state index contributed by atoms with van der Waals surface area (Å²) in [7, 11) is 0. The fourth-order valence-electron chi connectivity index (χ4n) is 3.14. The molecule has 2 aromatic carbocycles. The highest BCUT2D eigenvalue weighted by Crippen LogP contribution is 2.32. The Bertz CT molecular complexity index is 820. The minimum Gasteiger partial charge on any atom is -0.386 e. The van der Waals surface area contributed by atoms with Crippen LogP contribution in [0.1, 0.15) is 5.56 Å². The first kappa shape index (κ1) is 19.1. The molecular weight excluding hydrogens is 366 g/mol. The third-order valence-electron chi connectivity index (χ3n) is 4.54. The zero-order chi connectivity index (χ0) is 19.2. The van der Waals surface area contributed by atoms with E-state index in [0.29, 0.717) is 0 Å². The second kappa shape index (κ2) is 8.83. The summed E-state index contributed by atoms with van der Waals surface area (Å²) >= 11 is 5.66. The lowest BCUT2D eigenvalue weighted by atomic mass is 10.1. The molecule has 1 saturated heterocycles. The van der Waals surface area contributed by atoms with Crippen LogP contribution in [0.4, 0.5) is 17.1 Å². The summed E-state index contributed by atoms with van der Waals surface area (Å²) in [5.74, 6) is 0.184. The van der Waals surface area contributed by atoms with Crippen LogP contribution in [0.25, 0.3) is 0 Å². The van der Waals surface area contributed by atoms with E-state index in [2.05, 4.69) is 39.1 Å². The first-order valence-corrected chi connectivity index (χ1v) is 9.29. The van der Waals surface area contributed by atoms with Crippen molar-refractivity contribution >= 4 is 34.5 Å². The Balaban J connectivity index is 1.70. The summed E-state index contributed by atoms with van der Waals surface area (Å²) in [5, 5.41) is 11.2. The van der Waals surface area contributed by atoms with E-state index >= 15 is 0 Å². The molecule has 142 valence electrons. The Hall–Kier alpha value is -2.64. The highest BCUT2D eigenvalue weighted by molar-refractivity contribution is 6.28. The maximum Gasteiger partial charge on any atom is 0.295 e. The van der Waals surface area contributed by atoms with Gasteiger partial charge in [0.2, 0.25) is 0 Å². The quantitative estimate of drug-likeness (QED) is 0.270. The van der Waals surface area contributed by atoms with Crippen molar-refractivity contribution in [2.45, 2.75) is 6.54 Å². The highest BCUT2D eigenvalue weighted by atomic mass is 35.5. The number of nitro groups is 1. The standard InChI is InChI=1S/C19H22ClN5O2/c20-13-19(21)22-17-12-16(6-7-18(17)25(26)27)24-10-8-23(9-11-24)14-15-4-2-1-3-5-15/h1-7,12H,8-11,13-14H2,(H2,21,22). The van der Waals surface area contributed by atoms with Crippen LogP contribution in [-0.2, 0) is 6.54 Å². The number of aliphatic imine (C=N–C) groups is 1. The average molecular weight is 388 g/mol. The van der Waals surface area contributed by atoms with Gasteiger partial charge in [-0.1, -0.05) is 30.3 Å². The third-order valence-corrected chi connectivity index (χ3v) is 4.82. The van der Waals surface area contributed by atoms with Crippen LogP contribution in [0.2, 0.25) is 0 Å². The molecule has 0 atom stereocenters. The van der Waals surface area contributed by atoms with E-state index in [4.69, 9.17) is 17.3 Å². The molecule has 1 aliphatic heterocycles. The minimum atomic E-state index is -0.456. The van der Waals surface area contributed by atoms with E-state index in [1.165, 1.54) is 11.6 Å². The van der Waals surface area contributed by atoms with Crippen molar-refractivity contribution in [3.63, 3.8) is 0 Å². The van der Waals surface area contributed by atoms with Gasteiger partial charge in [0.05, 0.1) is 10.8 Å². The summed E-state index contributed by atoms with van der Waals surface area (Å²) in [6, 6.07) is 15.3. The van der Waals surface area contributed by atoms with Crippen LogP contribution in [0.3, 0.4) is 0 Å². The lowest BCUT2D eigenvalue weighted by Gasteiger charge is -2.36. The van der Waals surface area contributed by atoms with Crippen LogP contribution >= 0.6 is 11.6 Å². The van der Waals surface area contributed by atoms with Crippen molar-refractivity contribution in [1.29, 1.82) is 0 Å². The number of piperazine rings is 1. The van der Waals surface area contributed by atoms with Gasteiger partial charge in [0.1, 0.15) is 11.5 Å². The molecule has 0 saturated carbocycles. The summed E-state index contributed by atoms with van der Waals surface area (Å²) in [6.07, 6.45) is 0. The lowest BCUT2D eigenvalue weighted by molar-refractivity contribution is -0.384. The second-order valence-electron chi connectivity index (χ2n) is 6.42.